The van der Waals surface area contributed by atoms with Crippen LogP contribution in [0, 0.1) is 10.1 Å². The van der Waals surface area contributed by atoms with Crippen LogP contribution in [-0.2, 0) is 23.1 Å². The third-order valence-electron chi connectivity index (χ3n) is 3.70. The quantitative estimate of drug-likeness (QED) is 0.278. The summed E-state index contributed by atoms with van der Waals surface area (Å²) < 4.78 is 22.6. The van der Waals surface area contributed by atoms with Crippen molar-refractivity contribution in [3.8, 4) is 0 Å². The second kappa shape index (κ2) is 9.29. The van der Waals surface area contributed by atoms with Crippen molar-refractivity contribution in [3.63, 3.8) is 0 Å². The van der Waals surface area contributed by atoms with Gasteiger partial charge in [-0.05, 0) is 37.1 Å². The normalized spacial score (nSPS) is 12.1. The van der Waals surface area contributed by atoms with Crippen molar-refractivity contribution in [2.45, 2.75) is 37.9 Å². The van der Waals surface area contributed by atoms with Crippen LogP contribution in [0.5, 0.6) is 0 Å². The summed E-state index contributed by atoms with van der Waals surface area (Å²) in [6.45, 7) is 4.74. The molecule has 0 aliphatic heterocycles. The van der Waals surface area contributed by atoms with E-state index in [0.717, 1.165) is 11.1 Å². The molecule has 0 aliphatic carbocycles. The maximum atomic E-state index is 11.3. The van der Waals surface area contributed by atoms with Gasteiger partial charge in [-0.2, -0.15) is 0 Å². The summed E-state index contributed by atoms with van der Waals surface area (Å²) >= 11 is 0. The average Bonchev–Trinajstić information content (AvgIpc) is 2.63. The molecule has 0 radical (unpaired) electrons. The number of sulfonamides is 1. The number of rotatable bonds is 7. The number of nitrogens with two attached hydrogens (primary N) is 1. The van der Waals surface area contributed by atoms with Crippen LogP contribution in [0.3, 0.4) is 0 Å². The number of nitrogens with one attached hydrogen (secondary N) is 2. The zero-order valence-corrected chi connectivity index (χ0v) is 16.4. The zero-order valence-electron chi connectivity index (χ0n) is 15.6. The minimum atomic E-state index is -3.72. The summed E-state index contributed by atoms with van der Waals surface area (Å²) in [5.41, 5.74) is 1.75. The van der Waals surface area contributed by atoms with Gasteiger partial charge in [-0.15, -0.1) is 0 Å². The van der Waals surface area contributed by atoms with Gasteiger partial charge in [0.1, 0.15) is 0 Å². The standard InChI is InChI=1S/C18H23N5O4S/c1-13(2)22-18(20-11-14-3-7-16(8-4-14)23(24)25)21-12-15-5-9-17(10-6-15)28(19,26)27/h3-10,13H,11-12H2,1-2H3,(H2,19,26,27)(H2,20,21,22). The van der Waals surface area contributed by atoms with Gasteiger partial charge in [0.25, 0.3) is 5.69 Å². The van der Waals surface area contributed by atoms with Crippen molar-refractivity contribution in [2.24, 2.45) is 10.1 Å². The molecular weight excluding hydrogens is 382 g/mol. The van der Waals surface area contributed by atoms with Gasteiger partial charge >= 0.3 is 0 Å². The molecule has 0 heterocycles. The number of non-ortho nitro benzene ring substituents is 1. The van der Waals surface area contributed by atoms with E-state index in [9.17, 15) is 18.5 Å². The molecule has 10 heteroatoms. The predicted octanol–water partition coefficient (Wildman–Crippen LogP) is 1.89. The van der Waals surface area contributed by atoms with Crippen molar-refractivity contribution in [1.82, 2.24) is 10.6 Å². The number of guanidine groups is 1. The molecule has 0 bridgehead atoms. The molecular formula is C18H23N5O4S. The van der Waals surface area contributed by atoms with E-state index in [0.29, 0.717) is 19.0 Å². The van der Waals surface area contributed by atoms with Crippen molar-refractivity contribution >= 4 is 21.7 Å². The molecule has 0 fully saturated rings. The van der Waals surface area contributed by atoms with Gasteiger partial charge in [0.2, 0.25) is 10.0 Å². The van der Waals surface area contributed by atoms with Crippen LogP contribution >= 0.6 is 0 Å². The Hall–Kier alpha value is -2.98. The largest absolute Gasteiger partial charge is 0.354 e. The second-order valence-corrected chi connectivity index (χ2v) is 7.99. The minimum absolute atomic E-state index is 0.0425. The molecule has 0 aromatic heterocycles. The Morgan fingerprint density at radius 1 is 1.11 bits per heavy atom. The molecule has 0 amide bonds. The molecule has 0 unspecified atom stereocenters. The highest BCUT2D eigenvalue weighted by Crippen LogP contribution is 2.12. The molecule has 4 N–H and O–H groups in total. The van der Waals surface area contributed by atoms with Gasteiger partial charge in [0.05, 0.1) is 16.4 Å². The van der Waals surface area contributed by atoms with Crippen LogP contribution in [0.1, 0.15) is 25.0 Å². The lowest BCUT2D eigenvalue weighted by Crippen LogP contribution is -2.40. The summed E-state index contributed by atoms with van der Waals surface area (Å²) in [5.74, 6) is 0.573. The van der Waals surface area contributed by atoms with Crippen LogP contribution in [0.15, 0.2) is 58.4 Å². The number of hydrogen-bond donors (Lipinski definition) is 3. The maximum Gasteiger partial charge on any atom is 0.269 e. The topological polar surface area (TPSA) is 140 Å². The highest BCUT2D eigenvalue weighted by Gasteiger charge is 2.08. The summed E-state index contributed by atoms with van der Waals surface area (Å²) in [7, 11) is -3.72. The monoisotopic (exact) mass is 405 g/mol. The van der Waals surface area contributed by atoms with E-state index < -0.39 is 14.9 Å². The van der Waals surface area contributed by atoms with Gasteiger partial charge in [-0.25, -0.2) is 18.5 Å². The lowest BCUT2D eigenvalue weighted by Gasteiger charge is -2.15. The first-order valence-electron chi connectivity index (χ1n) is 8.55. The number of primary sulfonamides is 1. The van der Waals surface area contributed by atoms with Crippen LogP contribution in [-0.4, -0.2) is 25.3 Å². The van der Waals surface area contributed by atoms with Gasteiger partial charge in [0, 0.05) is 24.7 Å². The molecule has 2 aromatic rings. The SMILES string of the molecule is CC(C)NC(=NCc1ccc(S(N)(=O)=O)cc1)NCc1ccc([N+](=O)[O-])cc1. The van der Waals surface area contributed by atoms with Gasteiger partial charge in [-0.3, -0.25) is 10.1 Å². The fourth-order valence-electron chi connectivity index (χ4n) is 2.30. The second-order valence-electron chi connectivity index (χ2n) is 6.43. The fraction of sp³-hybridized carbons (Fsp3) is 0.278. The Morgan fingerprint density at radius 3 is 2.18 bits per heavy atom. The first-order valence-corrected chi connectivity index (χ1v) is 10.1. The average molecular weight is 405 g/mol. The van der Waals surface area contributed by atoms with E-state index in [4.69, 9.17) is 5.14 Å². The van der Waals surface area contributed by atoms with E-state index in [1.807, 2.05) is 13.8 Å². The number of nitrogens with zero attached hydrogens (tertiary/aromatic N) is 2. The lowest BCUT2D eigenvalue weighted by atomic mass is 10.2. The first kappa shape index (κ1) is 21.3. The van der Waals surface area contributed by atoms with Gasteiger partial charge < -0.3 is 10.6 Å². The Balaban J connectivity index is 2.04. The van der Waals surface area contributed by atoms with Crippen molar-refractivity contribution < 1.29 is 13.3 Å². The Morgan fingerprint density at radius 2 is 1.68 bits per heavy atom. The van der Waals surface area contributed by atoms with E-state index in [1.165, 1.54) is 24.3 Å². The van der Waals surface area contributed by atoms with Crippen LogP contribution < -0.4 is 15.8 Å². The van der Waals surface area contributed by atoms with Gasteiger partial charge in [0.15, 0.2) is 5.96 Å². The van der Waals surface area contributed by atoms with Crippen molar-refractivity contribution in [2.75, 3.05) is 0 Å². The predicted molar refractivity (Wildman–Crippen MR) is 107 cm³/mol. The van der Waals surface area contributed by atoms with E-state index in [2.05, 4.69) is 15.6 Å². The number of benzene rings is 2. The number of nitro benzene ring substituents is 1. The maximum absolute atomic E-state index is 11.3. The summed E-state index contributed by atoms with van der Waals surface area (Å²) in [4.78, 5) is 14.8. The van der Waals surface area contributed by atoms with Crippen LogP contribution in [0.25, 0.3) is 0 Å². The molecule has 0 saturated heterocycles. The molecule has 2 aromatic carbocycles. The number of nitro groups is 1. The number of aliphatic imine (C=N–C) groups is 1. The van der Waals surface area contributed by atoms with Gasteiger partial charge in [-0.1, -0.05) is 24.3 Å². The fourth-order valence-corrected chi connectivity index (χ4v) is 2.82. The molecule has 0 saturated carbocycles. The van der Waals surface area contributed by atoms with Crippen LogP contribution in [0.4, 0.5) is 5.69 Å². The first-order chi connectivity index (χ1) is 13.1. The minimum Gasteiger partial charge on any atom is -0.354 e. The molecule has 0 spiro atoms. The molecule has 0 atom stereocenters. The molecule has 0 aliphatic rings. The summed E-state index contributed by atoms with van der Waals surface area (Å²) in [6.07, 6.45) is 0. The Labute approximate surface area is 163 Å². The molecule has 150 valence electrons. The smallest absolute Gasteiger partial charge is 0.269 e. The molecule has 28 heavy (non-hydrogen) atoms. The molecule has 9 nitrogen and oxygen atoms in total. The molecule has 2 rings (SSSR count). The third-order valence-corrected chi connectivity index (χ3v) is 4.63. The summed E-state index contributed by atoms with van der Waals surface area (Å²) in [5, 5.41) is 22.2. The summed E-state index contributed by atoms with van der Waals surface area (Å²) in [6, 6.07) is 12.6. The van der Waals surface area contributed by atoms with E-state index >= 15 is 0 Å². The third kappa shape index (κ3) is 6.63. The van der Waals surface area contributed by atoms with E-state index in [1.54, 1.807) is 24.3 Å². The lowest BCUT2D eigenvalue weighted by molar-refractivity contribution is -0.384. The van der Waals surface area contributed by atoms with E-state index in [-0.39, 0.29) is 16.6 Å². The Bertz CT molecular complexity index is 939. The zero-order chi connectivity index (χ0) is 20.7. The highest BCUT2D eigenvalue weighted by atomic mass is 32.2. The Kier molecular flexibility index (Phi) is 7.07. The van der Waals surface area contributed by atoms with Crippen LogP contribution in [0.2, 0.25) is 0 Å². The number of hydrogen-bond acceptors (Lipinski definition) is 5. The van der Waals surface area contributed by atoms with Crippen molar-refractivity contribution in [3.05, 3.63) is 69.8 Å². The highest BCUT2D eigenvalue weighted by molar-refractivity contribution is 7.89. The van der Waals surface area contributed by atoms with Crippen molar-refractivity contribution in [1.29, 1.82) is 0 Å².